The normalized spacial score (nSPS) is 12.3. The average molecular weight is 287 g/mol. The Balaban J connectivity index is 2.04. The first-order valence-electron chi connectivity index (χ1n) is 7.28. The number of methoxy groups -OCH3 is 1. The van der Waals surface area contributed by atoms with Crippen LogP contribution in [0.15, 0.2) is 54.6 Å². The van der Waals surface area contributed by atoms with Crippen molar-refractivity contribution in [3.05, 3.63) is 71.5 Å². The first kappa shape index (κ1) is 15.7. The molecule has 3 heteroatoms. The van der Waals surface area contributed by atoms with Crippen LogP contribution in [0.3, 0.4) is 0 Å². The zero-order valence-electron chi connectivity index (χ0n) is 12.4. The van der Waals surface area contributed by atoms with E-state index in [0.717, 1.165) is 25.1 Å². The molecule has 2 aromatic rings. The highest BCUT2D eigenvalue weighted by Gasteiger charge is 2.12. The maximum absolute atomic E-state index is 13.3. The van der Waals surface area contributed by atoms with Crippen molar-refractivity contribution in [1.82, 2.24) is 5.32 Å². The summed E-state index contributed by atoms with van der Waals surface area (Å²) in [6.07, 6.45) is 0.821. The molecule has 1 N–H and O–H groups in total. The molecule has 2 nitrogen and oxygen atoms in total. The fourth-order valence-corrected chi connectivity index (χ4v) is 2.43. The minimum absolute atomic E-state index is 0.174. The third-order valence-electron chi connectivity index (χ3n) is 3.52. The summed E-state index contributed by atoms with van der Waals surface area (Å²) in [6, 6.07) is 17.2. The Morgan fingerprint density at radius 1 is 1.10 bits per heavy atom. The fourth-order valence-electron chi connectivity index (χ4n) is 2.43. The van der Waals surface area contributed by atoms with Crippen LogP contribution in [0.25, 0.3) is 0 Å². The van der Waals surface area contributed by atoms with Crippen molar-refractivity contribution < 1.29 is 9.13 Å². The van der Waals surface area contributed by atoms with E-state index in [-0.39, 0.29) is 5.82 Å². The van der Waals surface area contributed by atoms with Crippen molar-refractivity contribution in [3.63, 3.8) is 0 Å². The van der Waals surface area contributed by atoms with Gasteiger partial charge in [0.25, 0.3) is 0 Å². The third kappa shape index (κ3) is 5.29. The largest absolute Gasteiger partial charge is 0.383 e. The summed E-state index contributed by atoms with van der Waals surface area (Å²) in [6.45, 7) is 2.37. The topological polar surface area (TPSA) is 21.3 Å². The van der Waals surface area contributed by atoms with E-state index in [4.69, 9.17) is 4.74 Å². The molecule has 0 aliphatic rings. The van der Waals surface area contributed by atoms with Gasteiger partial charge in [0.05, 0.1) is 6.61 Å². The fraction of sp³-hybridized carbons (Fsp3) is 0.333. The highest BCUT2D eigenvalue weighted by Crippen LogP contribution is 2.20. The second-order valence-corrected chi connectivity index (χ2v) is 5.14. The molecule has 1 atom stereocenters. The Hall–Kier alpha value is -1.71. The zero-order valence-corrected chi connectivity index (χ0v) is 12.4. The van der Waals surface area contributed by atoms with E-state index in [9.17, 15) is 4.39 Å². The SMILES string of the molecule is COCCNCC(Cc1cccc(F)c1)c1ccccc1. The van der Waals surface area contributed by atoms with E-state index in [1.807, 2.05) is 24.3 Å². The number of ether oxygens (including phenoxy) is 1. The van der Waals surface area contributed by atoms with Crippen molar-refractivity contribution in [2.75, 3.05) is 26.8 Å². The van der Waals surface area contributed by atoms with Crippen LogP contribution < -0.4 is 5.32 Å². The zero-order chi connectivity index (χ0) is 14.9. The number of hydrogen-bond donors (Lipinski definition) is 1. The Bertz CT molecular complexity index is 530. The van der Waals surface area contributed by atoms with Gasteiger partial charge >= 0.3 is 0 Å². The summed E-state index contributed by atoms with van der Waals surface area (Å²) in [5, 5.41) is 3.40. The van der Waals surface area contributed by atoms with E-state index in [1.54, 1.807) is 19.2 Å². The molecular weight excluding hydrogens is 265 g/mol. The summed E-state index contributed by atoms with van der Waals surface area (Å²) in [5.74, 6) is 0.150. The number of halogens is 1. The molecule has 21 heavy (non-hydrogen) atoms. The minimum Gasteiger partial charge on any atom is -0.383 e. The van der Waals surface area contributed by atoms with E-state index < -0.39 is 0 Å². The van der Waals surface area contributed by atoms with Crippen molar-refractivity contribution in [2.45, 2.75) is 12.3 Å². The van der Waals surface area contributed by atoms with Crippen LogP contribution >= 0.6 is 0 Å². The summed E-state index contributed by atoms with van der Waals surface area (Å²) >= 11 is 0. The highest BCUT2D eigenvalue weighted by molar-refractivity contribution is 5.25. The standard InChI is InChI=1S/C18H22FNO/c1-21-11-10-20-14-17(16-7-3-2-4-8-16)12-15-6-5-9-18(19)13-15/h2-9,13,17,20H,10-12,14H2,1H3. The highest BCUT2D eigenvalue weighted by atomic mass is 19.1. The van der Waals surface area contributed by atoms with E-state index in [0.29, 0.717) is 12.5 Å². The average Bonchev–Trinajstić information content (AvgIpc) is 2.51. The van der Waals surface area contributed by atoms with Gasteiger partial charge in [0.1, 0.15) is 5.82 Å². The molecule has 2 aromatic carbocycles. The van der Waals surface area contributed by atoms with Gasteiger partial charge in [-0.25, -0.2) is 4.39 Å². The summed E-state index contributed by atoms with van der Waals surface area (Å²) in [7, 11) is 1.70. The van der Waals surface area contributed by atoms with Gasteiger partial charge in [0, 0.05) is 26.1 Å². The second-order valence-electron chi connectivity index (χ2n) is 5.14. The number of benzene rings is 2. The Morgan fingerprint density at radius 3 is 2.62 bits per heavy atom. The van der Waals surface area contributed by atoms with Gasteiger partial charge < -0.3 is 10.1 Å². The lowest BCUT2D eigenvalue weighted by molar-refractivity contribution is 0.199. The Labute approximate surface area is 126 Å². The molecule has 0 bridgehead atoms. The van der Waals surface area contributed by atoms with Gasteiger partial charge in [-0.3, -0.25) is 0 Å². The van der Waals surface area contributed by atoms with Gasteiger partial charge in [-0.05, 0) is 29.7 Å². The van der Waals surface area contributed by atoms with E-state index in [2.05, 4.69) is 17.4 Å². The quantitative estimate of drug-likeness (QED) is 0.751. The summed E-state index contributed by atoms with van der Waals surface area (Å²) in [5.41, 5.74) is 2.30. The molecule has 1 unspecified atom stereocenters. The molecule has 0 aliphatic heterocycles. The Morgan fingerprint density at radius 2 is 1.90 bits per heavy atom. The predicted octanol–water partition coefficient (Wildman–Crippen LogP) is 3.39. The third-order valence-corrected chi connectivity index (χ3v) is 3.52. The van der Waals surface area contributed by atoms with Crippen molar-refractivity contribution >= 4 is 0 Å². The molecule has 0 aliphatic carbocycles. The molecular formula is C18H22FNO. The van der Waals surface area contributed by atoms with Crippen molar-refractivity contribution in [2.24, 2.45) is 0 Å². The van der Waals surface area contributed by atoms with Crippen molar-refractivity contribution in [1.29, 1.82) is 0 Å². The number of rotatable bonds is 8. The van der Waals surface area contributed by atoms with Crippen LogP contribution in [0.5, 0.6) is 0 Å². The Kier molecular flexibility index (Phi) is 6.38. The van der Waals surface area contributed by atoms with Gasteiger partial charge in [0.2, 0.25) is 0 Å². The van der Waals surface area contributed by atoms with Gasteiger partial charge in [-0.1, -0.05) is 42.5 Å². The number of hydrogen-bond acceptors (Lipinski definition) is 2. The molecule has 0 aromatic heterocycles. The van der Waals surface area contributed by atoms with Crippen LogP contribution in [0.4, 0.5) is 4.39 Å². The van der Waals surface area contributed by atoms with Crippen LogP contribution in [0.1, 0.15) is 17.0 Å². The van der Waals surface area contributed by atoms with Gasteiger partial charge in [0.15, 0.2) is 0 Å². The smallest absolute Gasteiger partial charge is 0.123 e. The summed E-state index contributed by atoms with van der Waals surface area (Å²) < 4.78 is 18.4. The van der Waals surface area contributed by atoms with E-state index >= 15 is 0 Å². The minimum atomic E-state index is -0.174. The van der Waals surface area contributed by atoms with Crippen LogP contribution in [-0.4, -0.2) is 26.8 Å². The molecule has 0 fully saturated rings. The molecule has 0 heterocycles. The van der Waals surface area contributed by atoms with Crippen molar-refractivity contribution in [3.8, 4) is 0 Å². The molecule has 0 spiro atoms. The number of nitrogens with one attached hydrogen (secondary N) is 1. The lowest BCUT2D eigenvalue weighted by Gasteiger charge is -2.18. The first-order chi connectivity index (χ1) is 10.3. The molecule has 0 saturated carbocycles. The predicted molar refractivity (Wildman–Crippen MR) is 84.0 cm³/mol. The van der Waals surface area contributed by atoms with Crippen LogP contribution in [0.2, 0.25) is 0 Å². The molecule has 0 saturated heterocycles. The molecule has 0 radical (unpaired) electrons. The molecule has 112 valence electrons. The second kappa shape index (κ2) is 8.55. The van der Waals surface area contributed by atoms with Crippen LogP contribution in [-0.2, 0) is 11.2 Å². The first-order valence-corrected chi connectivity index (χ1v) is 7.28. The van der Waals surface area contributed by atoms with Crippen LogP contribution in [0, 0.1) is 5.82 Å². The van der Waals surface area contributed by atoms with Gasteiger partial charge in [-0.2, -0.15) is 0 Å². The summed E-state index contributed by atoms with van der Waals surface area (Å²) in [4.78, 5) is 0. The monoisotopic (exact) mass is 287 g/mol. The maximum atomic E-state index is 13.3. The molecule has 0 amide bonds. The maximum Gasteiger partial charge on any atom is 0.123 e. The van der Waals surface area contributed by atoms with E-state index in [1.165, 1.54) is 11.6 Å². The lowest BCUT2D eigenvalue weighted by Crippen LogP contribution is -2.26. The molecule has 2 rings (SSSR count). The van der Waals surface area contributed by atoms with Gasteiger partial charge in [-0.15, -0.1) is 0 Å². The lowest BCUT2D eigenvalue weighted by atomic mass is 9.92.